The first-order valence-electron chi connectivity index (χ1n) is 8.41. The van der Waals surface area contributed by atoms with Crippen LogP contribution in [0.2, 0.25) is 0 Å². The Labute approximate surface area is 129 Å². The van der Waals surface area contributed by atoms with E-state index >= 15 is 0 Å². The van der Waals surface area contributed by atoms with E-state index in [1.807, 2.05) is 0 Å². The zero-order chi connectivity index (χ0) is 15.2. The molecule has 0 aliphatic carbocycles. The molecule has 1 fully saturated rings. The second-order valence-electron chi connectivity index (χ2n) is 5.56. The van der Waals surface area contributed by atoms with Crippen LogP contribution in [0.3, 0.4) is 0 Å². The minimum Gasteiger partial charge on any atom is -0.379 e. The number of nitrogens with one attached hydrogen (secondary N) is 1. The molecule has 126 valence electrons. The summed E-state index contributed by atoms with van der Waals surface area (Å²) >= 11 is 0. The Kier molecular flexibility index (Phi) is 12.1. The monoisotopic (exact) mass is 303 g/mol. The van der Waals surface area contributed by atoms with Crippen LogP contribution in [0.15, 0.2) is 0 Å². The maximum absolute atomic E-state index is 5.81. The Morgan fingerprint density at radius 3 is 2.14 bits per heavy atom. The third-order valence-electron chi connectivity index (χ3n) is 3.54. The molecule has 2 atom stereocenters. The maximum atomic E-state index is 5.81. The largest absolute Gasteiger partial charge is 0.379 e. The van der Waals surface area contributed by atoms with Crippen LogP contribution in [0.25, 0.3) is 0 Å². The highest BCUT2D eigenvalue weighted by atomic mass is 16.6. The van der Waals surface area contributed by atoms with Gasteiger partial charge in [-0.25, -0.2) is 0 Å². The van der Waals surface area contributed by atoms with Crippen molar-refractivity contribution in [3.63, 3.8) is 0 Å². The van der Waals surface area contributed by atoms with Crippen molar-refractivity contribution in [3.8, 4) is 0 Å². The van der Waals surface area contributed by atoms with E-state index in [2.05, 4.69) is 19.2 Å². The standard InChI is InChI=1S/C16H33NO4/c1-3-4-7-18-8-9-19-10-11-20-12-13-21-16-5-6-17-15(2)14-16/h15-17H,3-14H2,1-2H3. The van der Waals surface area contributed by atoms with Crippen molar-refractivity contribution < 1.29 is 18.9 Å². The van der Waals surface area contributed by atoms with Crippen LogP contribution in [-0.2, 0) is 18.9 Å². The summed E-state index contributed by atoms with van der Waals surface area (Å²) in [5, 5.41) is 3.42. The molecule has 1 N–H and O–H groups in total. The average molecular weight is 303 g/mol. The third kappa shape index (κ3) is 11.1. The lowest BCUT2D eigenvalue weighted by Crippen LogP contribution is -2.39. The van der Waals surface area contributed by atoms with Crippen LogP contribution in [0.5, 0.6) is 0 Å². The molecule has 2 unspecified atom stereocenters. The van der Waals surface area contributed by atoms with Gasteiger partial charge in [0.05, 0.1) is 45.7 Å². The Balaban J connectivity index is 1.74. The normalized spacial score (nSPS) is 22.6. The zero-order valence-electron chi connectivity index (χ0n) is 13.8. The molecule has 21 heavy (non-hydrogen) atoms. The number of ether oxygens (including phenoxy) is 4. The molecule has 0 aromatic rings. The van der Waals surface area contributed by atoms with Crippen molar-refractivity contribution in [2.75, 3.05) is 52.8 Å². The number of rotatable bonds is 13. The van der Waals surface area contributed by atoms with Gasteiger partial charge in [0.2, 0.25) is 0 Å². The Hall–Kier alpha value is -0.200. The molecule has 0 aromatic carbocycles. The van der Waals surface area contributed by atoms with E-state index in [0.717, 1.165) is 32.4 Å². The molecule has 1 rings (SSSR count). The fourth-order valence-corrected chi connectivity index (χ4v) is 2.30. The van der Waals surface area contributed by atoms with Crippen molar-refractivity contribution >= 4 is 0 Å². The minimum atomic E-state index is 0.390. The Morgan fingerprint density at radius 1 is 0.905 bits per heavy atom. The van der Waals surface area contributed by atoms with Crippen molar-refractivity contribution in [2.24, 2.45) is 0 Å². The molecule has 1 aliphatic heterocycles. The van der Waals surface area contributed by atoms with Crippen LogP contribution in [0, 0.1) is 0 Å². The minimum absolute atomic E-state index is 0.390. The fourth-order valence-electron chi connectivity index (χ4n) is 2.30. The highest BCUT2D eigenvalue weighted by Crippen LogP contribution is 2.11. The summed E-state index contributed by atoms with van der Waals surface area (Å²) in [5.74, 6) is 0. The van der Waals surface area contributed by atoms with E-state index < -0.39 is 0 Å². The predicted octanol–water partition coefficient (Wildman–Crippen LogP) is 1.99. The summed E-state index contributed by atoms with van der Waals surface area (Å²) in [5.41, 5.74) is 0. The quantitative estimate of drug-likeness (QED) is 0.527. The van der Waals surface area contributed by atoms with E-state index in [4.69, 9.17) is 18.9 Å². The molecule has 5 heteroatoms. The summed E-state index contributed by atoms with van der Waals surface area (Å²) < 4.78 is 22.1. The van der Waals surface area contributed by atoms with E-state index in [-0.39, 0.29) is 0 Å². The van der Waals surface area contributed by atoms with E-state index in [0.29, 0.717) is 51.8 Å². The highest BCUT2D eigenvalue weighted by molar-refractivity contribution is 4.75. The van der Waals surface area contributed by atoms with Gasteiger partial charge in [-0.05, 0) is 32.7 Å². The number of hydrogen-bond donors (Lipinski definition) is 1. The molecule has 1 heterocycles. The van der Waals surface area contributed by atoms with Gasteiger partial charge in [-0.3, -0.25) is 0 Å². The van der Waals surface area contributed by atoms with Gasteiger partial charge < -0.3 is 24.3 Å². The molecule has 0 aromatic heterocycles. The first kappa shape index (κ1) is 18.8. The van der Waals surface area contributed by atoms with Gasteiger partial charge in [0.15, 0.2) is 0 Å². The molecule has 0 saturated carbocycles. The van der Waals surface area contributed by atoms with Crippen LogP contribution < -0.4 is 5.32 Å². The molecule has 0 radical (unpaired) electrons. The molecular formula is C16H33NO4. The van der Waals surface area contributed by atoms with Crippen molar-refractivity contribution in [3.05, 3.63) is 0 Å². The van der Waals surface area contributed by atoms with Crippen LogP contribution in [0.4, 0.5) is 0 Å². The molecule has 1 saturated heterocycles. The van der Waals surface area contributed by atoms with Gasteiger partial charge in [-0.15, -0.1) is 0 Å². The van der Waals surface area contributed by atoms with Crippen LogP contribution in [-0.4, -0.2) is 64.9 Å². The first-order valence-corrected chi connectivity index (χ1v) is 8.41. The Morgan fingerprint density at radius 2 is 1.52 bits per heavy atom. The second-order valence-corrected chi connectivity index (χ2v) is 5.56. The highest BCUT2D eigenvalue weighted by Gasteiger charge is 2.18. The smallest absolute Gasteiger partial charge is 0.0704 e. The lowest BCUT2D eigenvalue weighted by atomic mass is 10.0. The van der Waals surface area contributed by atoms with Gasteiger partial charge in [-0.1, -0.05) is 13.3 Å². The summed E-state index contributed by atoms with van der Waals surface area (Å²) in [6.07, 6.45) is 4.89. The predicted molar refractivity (Wildman–Crippen MR) is 83.8 cm³/mol. The lowest BCUT2D eigenvalue weighted by molar-refractivity contribution is -0.0285. The van der Waals surface area contributed by atoms with Gasteiger partial charge in [-0.2, -0.15) is 0 Å². The van der Waals surface area contributed by atoms with Gasteiger partial charge >= 0.3 is 0 Å². The van der Waals surface area contributed by atoms with Gasteiger partial charge in [0.25, 0.3) is 0 Å². The van der Waals surface area contributed by atoms with Crippen LogP contribution in [0.1, 0.15) is 39.5 Å². The number of unbranched alkanes of at least 4 members (excludes halogenated alkanes) is 1. The number of hydrogen-bond acceptors (Lipinski definition) is 5. The van der Waals surface area contributed by atoms with Gasteiger partial charge in [0, 0.05) is 12.6 Å². The molecule has 0 spiro atoms. The second kappa shape index (κ2) is 13.5. The van der Waals surface area contributed by atoms with Gasteiger partial charge in [0.1, 0.15) is 0 Å². The number of piperidine rings is 1. The Bertz CT molecular complexity index is 228. The molecule has 0 amide bonds. The van der Waals surface area contributed by atoms with Crippen LogP contribution >= 0.6 is 0 Å². The van der Waals surface area contributed by atoms with Crippen molar-refractivity contribution in [2.45, 2.75) is 51.7 Å². The van der Waals surface area contributed by atoms with E-state index in [1.54, 1.807) is 0 Å². The molecule has 1 aliphatic rings. The summed E-state index contributed by atoms with van der Waals surface area (Å²) in [7, 11) is 0. The SMILES string of the molecule is CCCCOCCOCCOCCOC1CCNC(C)C1. The van der Waals surface area contributed by atoms with E-state index in [9.17, 15) is 0 Å². The van der Waals surface area contributed by atoms with Crippen molar-refractivity contribution in [1.82, 2.24) is 5.32 Å². The third-order valence-corrected chi connectivity index (χ3v) is 3.54. The van der Waals surface area contributed by atoms with E-state index in [1.165, 1.54) is 6.42 Å². The fraction of sp³-hybridized carbons (Fsp3) is 1.00. The van der Waals surface area contributed by atoms with Crippen molar-refractivity contribution in [1.29, 1.82) is 0 Å². The maximum Gasteiger partial charge on any atom is 0.0704 e. The lowest BCUT2D eigenvalue weighted by Gasteiger charge is -2.27. The zero-order valence-corrected chi connectivity index (χ0v) is 13.8. The molecule has 5 nitrogen and oxygen atoms in total. The summed E-state index contributed by atoms with van der Waals surface area (Å²) in [4.78, 5) is 0. The summed E-state index contributed by atoms with van der Waals surface area (Å²) in [6, 6.07) is 0.567. The first-order chi connectivity index (χ1) is 10.3. The average Bonchev–Trinajstić information content (AvgIpc) is 2.48. The topological polar surface area (TPSA) is 49.0 Å². The molecule has 0 bridgehead atoms. The summed E-state index contributed by atoms with van der Waals surface area (Å²) in [6.45, 7) is 10.2. The molecular weight excluding hydrogens is 270 g/mol.